The summed E-state index contributed by atoms with van der Waals surface area (Å²) in [6.07, 6.45) is 5.65. The minimum absolute atomic E-state index is 0.273. The van der Waals surface area contributed by atoms with E-state index in [0.29, 0.717) is 6.54 Å². The normalized spacial score (nSPS) is 9.92. The van der Waals surface area contributed by atoms with Gasteiger partial charge in [0.2, 0.25) is 5.91 Å². The van der Waals surface area contributed by atoms with Crippen LogP contribution in [0.4, 0.5) is 0 Å². The second-order valence-electron chi connectivity index (χ2n) is 3.06. The Labute approximate surface area is 74.3 Å². The van der Waals surface area contributed by atoms with E-state index in [2.05, 4.69) is 6.92 Å². The largest absolute Gasteiger partial charge is 0.286 e. The molecule has 0 aliphatic carbocycles. The monoisotopic (exact) mass is 173 g/mol. The van der Waals surface area contributed by atoms with Gasteiger partial charge in [-0.1, -0.05) is 32.6 Å². The smallest absolute Gasteiger partial charge is 0.242 e. The van der Waals surface area contributed by atoms with Crippen LogP contribution in [0, 0.1) is 0 Å². The van der Waals surface area contributed by atoms with Crippen LogP contribution in [-0.2, 0) is 4.79 Å². The zero-order valence-corrected chi connectivity index (χ0v) is 8.05. The van der Waals surface area contributed by atoms with Crippen molar-refractivity contribution in [1.82, 2.24) is 5.06 Å². The van der Waals surface area contributed by atoms with Crippen molar-refractivity contribution < 1.29 is 10.0 Å². The number of amides is 1. The van der Waals surface area contributed by atoms with E-state index < -0.39 is 0 Å². The lowest BCUT2D eigenvalue weighted by Crippen LogP contribution is -2.25. The topological polar surface area (TPSA) is 40.5 Å². The minimum atomic E-state index is -0.273. The summed E-state index contributed by atoms with van der Waals surface area (Å²) in [5.74, 6) is -0.273. The first-order valence-corrected chi connectivity index (χ1v) is 4.65. The molecule has 0 bridgehead atoms. The Morgan fingerprint density at radius 1 is 1.25 bits per heavy atom. The number of rotatable bonds is 6. The fraction of sp³-hybridized carbons (Fsp3) is 0.889. The van der Waals surface area contributed by atoms with Gasteiger partial charge < -0.3 is 0 Å². The van der Waals surface area contributed by atoms with E-state index in [9.17, 15) is 4.79 Å². The molecule has 0 spiro atoms. The highest BCUT2D eigenvalue weighted by atomic mass is 16.5. The molecule has 1 N–H and O–H groups in total. The molecule has 0 rings (SSSR count). The van der Waals surface area contributed by atoms with Crippen molar-refractivity contribution in [2.75, 3.05) is 6.54 Å². The summed E-state index contributed by atoms with van der Waals surface area (Å²) >= 11 is 0. The van der Waals surface area contributed by atoms with Gasteiger partial charge in [0.1, 0.15) is 0 Å². The fourth-order valence-electron chi connectivity index (χ4n) is 1.02. The quantitative estimate of drug-likeness (QED) is 0.380. The molecule has 0 aromatic heterocycles. The van der Waals surface area contributed by atoms with E-state index in [1.54, 1.807) is 0 Å². The average molecular weight is 173 g/mol. The number of carbonyl (C=O) groups excluding carboxylic acids is 1. The maximum atomic E-state index is 10.5. The molecule has 0 radical (unpaired) electrons. The van der Waals surface area contributed by atoms with Crippen molar-refractivity contribution in [3.05, 3.63) is 0 Å². The molecule has 3 nitrogen and oxygen atoms in total. The fourth-order valence-corrected chi connectivity index (χ4v) is 1.02. The van der Waals surface area contributed by atoms with Crippen LogP contribution in [0.3, 0.4) is 0 Å². The molecule has 0 unspecified atom stereocenters. The Kier molecular flexibility index (Phi) is 6.76. The second-order valence-corrected chi connectivity index (χ2v) is 3.06. The van der Waals surface area contributed by atoms with Gasteiger partial charge in [-0.2, -0.15) is 0 Å². The molecular weight excluding hydrogens is 154 g/mol. The summed E-state index contributed by atoms with van der Waals surface area (Å²) < 4.78 is 0. The van der Waals surface area contributed by atoms with Crippen LogP contribution in [0.25, 0.3) is 0 Å². The van der Waals surface area contributed by atoms with Gasteiger partial charge in [0.25, 0.3) is 0 Å². The van der Waals surface area contributed by atoms with Crippen LogP contribution in [-0.4, -0.2) is 22.7 Å². The molecule has 0 heterocycles. The summed E-state index contributed by atoms with van der Waals surface area (Å²) in [6, 6.07) is 0. The molecule has 1 amide bonds. The second kappa shape index (κ2) is 7.10. The molecule has 12 heavy (non-hydrogen) atoms. The number of hydrogen-bond donors (Lipinski definition) is 1. The van der Waals surface area contributed by atoms with Gasteiger partial charge in [0.05, 0.1) is 0 Å². The van der Waals surface area contributed by atoms with Crippen molar-refractivity contribution in [1.29, 1.82) is 0 Å². The van der Waals surface area contributed by atoms with E-state index in [4.69, 9.17) is 5.21 Å². The third kappa shape index (κ3) is 6.16. The Morgan fingerprint density at radius 2 is 1.83 bits per heavy atom. The molecule has 0 atom stereocenters. The summed E-state index contributed by atoms with van der Waals surface area (Å²) in [5.41, 5.74) is 0. The Morgan fingerprint density at radius 3 is 2.33 bits per heavy atom. The first kappa shape index (κ1) is 11.4. The van der Waals surface area contributed by atoms with Gasteiger partial charge in [-0.05, 0) is 6.42 Å². The molecule has 0 saturated heterocycles. The highest BCUT2D eigenvalue weighted by Crippen LogP contribution is 2.02. The lowest BCUT2D eigenvalue weighted by Gasteiger charge is -2.11. The van der Waals surface area contributed by atoms with Crippen LogP contribution in [0.1, 0.15) is 46.0 Å². The minimum Gasteiger partial charge on any atom is -0.286 e. The van der Waals surface area contributed by atoms with Gasteiger partial charge in [-0.3, -0.25) is 10.0 Å². The van der Waals surface area contributed by atoms with Crippen molar-refractivity contribution in [2.24, 2.45) is 0 Å². The lowest BCUT2D eigenvalue weighted by molar-refractivity contribution is -0.162. The molecule has 0 aliphatic rings. The van der Waals surface area contributed by atoms with E-state index >= 15 is 0 Å². The molecule has 3 heteroatoms. The van der Waals surface area contributed by atoms with Crippen LogP contribution in [0.5, 0.6) is 0 Å². The zero-order chi connectivity index (χ0) is 9.40. The highest BCUT2D eigenvalue weighted by molar-refractivity contribution is 5.71. The highest BCUT2D eigenvalue weighted by Gasteiger charge is 2.02. The van der Waals surface area contributed by atoms with Crippen LogP contribution < -0.4 is 0 Å². The van der Waals surface area contributed by atoms with Gasteiger partial charge >= 0.3 is 0 Å². The van der Waals surface area contributed by atoms with E-state index in [0.717, 1.165) is 17.9 Å². The van der Waals surface area contributed by atoms with Gasteiger partial charge in [0.15, 0.2) is 0 Å². The summed E-state index contributed by atoms with van der Waals surface area (Å²) in [5, 5.41) is 9.75. The molecule has 0 aliphatic heterocycles. The van der Waals surface area contributed by atoms with E-state index in [1.807, 2.05) is 0 Å². The van der Waals surface area contributed by atoms with Crippen molar-refractivity contribution in [3.8, 4) is 0 Å². The predicted octanol–water partition coefficient (Wildman–Crippen LogP) is 2.19. The number of nitrogens with zero attached hydrogens (tertiary/aromatic N) is 1. The lowest BCUT2D eigenvalue weighted by atomic mass is 10.1. The third-order valence-electron chi connectivity index (χ3n) is 1.84. The molecule has 0 fully saturated rings. The number of hydrogen-bond acceptors (Lipinski definition) is 2. The van der Waals surface area contributed by atoms with E-state index in [1.165, 1.54) is 26.2 Å². The molecule has 0 aromatic rings. The first-order valence-electron chi connectivity index (χ1n) is 4.65. The van der Waals surface area contributed by atoms with Crippen LogP contribution in [0.2, 0.25) is 0 Å². The maximum Gasteiger partial charge on any atom is 0.242 e. The number of unbranched alkanes of at least 4 members (excludes halogenated alkanes) is 4. The number of carbonyl (C=O) groups is 1. The predicted molar refractivity (Wildman–Crippen MR) is 47.9 cm³/mol. The van der Waals surface area contributed by atoms with Crippen molar-refractivity contribution in [2.45, 2.75) is 46.0 Å². The van der Waals surface area contributed by atoms with Crippen LogP contribution in [0.15, 0.2) is 0 Å². The molecule has 0 saturated carbocycles. The third-order valence-corrected chi connectivity index (χ3v) is 1.84. The molecule has 0 aromatic carbocycles. The SMILES string of the molecule is CCCCCCCN(O)C(C)=O. The first-order chi connectivity index (χ1) is 5.68. The number of hydroxylamine groups is 2. The molecule has 72 valence electrons. The molecular formula is C9H19NO2. The van der Waals surface area contributed by atoms with Gasteiger partial charge in [-0.25, -0.2) is 5.06 Å². The van der Waals surface area contributed by atoms with Gasteiger partial charge in [-0.15, -0.1) is 0 Å². The summed E-state index contributed by atoms with van der Waals surface area (Å²) in [4.78, 5) is 10.5. The summed E-state index contributed by atoms with van der Waals surface area (Å²) in [6.45, 7) is 4.00. The van der Waals surface area contributed by atoms with Crippen molar-refractivity contribution >= 4 is 5.91 Å². The van der Waals surface area contributed by atoms with E-state index in [-0.39, 0.29) is 5.91 Å². The Hall–Kier alpha value is -0.570. The average Bonchev–Trinajstić information content (AvgIpc) is 2.03. The zero-order valence-electron chi connectivity index (χ0n) is 8.05. The van der Waals surface area contributed by atoms with Crippen LogP contribution >= 0.6 is 0 Å². The Balaban J connectivity index is 3.14. The Bertz CT molecular complexity index is 126. The standard InChI is InChI=1S/C9H19NO2/c1-3-4-5-6-7-8-10(12)9(2)11/h12H,3-8H2,1-2H3. The van der Waals surface area contributed by atoms with Gasteiger partial charge in [0, 0.05) is 13.5 Å². The summed E-state index contributed by atoms with van der Waals surface area (Å²) in [7, 11) is 0. The maximum absolute atomic E-state index is 10.5. The van der Waals surface area contributed by atoms with Crippen molar-refractivity contribution in [3.63, 3.8) is 0 Å².